The maximum Gasteiger partial charge on any atom is 0.0645 e. The van der Waals surface area contributed by atoms with E-state index in [-0.39, 0.29) is 23.8 Å². The first-order chi connectivity index (χ1) is 5.04. The minimum atomic E-state index is 0.0125. The summed E-state index contributed by atoms with van der Waals surface area (Å²) in [6.07, 6.45) is 0. The molecule has 8 heavy (non-hydrogen) atoms. The van der Waals surface area contributed by atoms with Crippen molar-refractivity contribution in [3.05, 3.63) is 29.8 Å². The van der Waals surface area contributed by atoms with E-state index in [0.29, 0.717) is 5.56 Å². The van der Waals surface area contributed by atoms with Crippen LogP contribution in [0.5, 0.6) is 0 Å². The molecule has 0 aliphatic carbocycles. The molecule has 1 nitrogen and oxygen atoms in total. The highest BCUT2D eigenvalue weighted by atomic mass is 14.5. The topological polar surface area (TPSA) is 26.0 Å². The fraction of sp³-hybridized carbons (Fsp3) is 0.143. The molecule has 1 aromatic rings. The summed E-state index contributed by atoms with van der Waals surface area (Å²) in [5.41, 5.74) is 6.07. The summed E-state index contributed by atoms with van der Waals surface area (Å²) in [5.74, 6) is 0. The van der Waals surface area contributed by atoms with Crippen molar-refractivity contribution in [2.45, 2.75) is 6.92 Å². The van der Waals surface area contributed by atoms with E-state index in [0.717, 1.165) is 0 Å². The molecule has 0 saturated carbocycles. The van der Waals surface area contributed by atoms with Gasteiger partial charge in [-0.15, -0.1) is 0 Å². The fourth-order valence-electron chi connectivity index (χ4n) is 0.424. The SMILES string of the molecule is [2H]c1cc(N)c([2H])c([2H])c1C. The van der Waals surface area contributed by atoms with Crippen LogP contribution in [0.1, 0.15) is 9.68 Å². The predicted octanol–water partition coefficient (Wildman–Crippen LogP) is 1.58. The molecule has 0 fully saturated rings. The Morgan fingerprint density at radius 1 is 1.50 bits per heavy atom. The molecule has 0 radical (unpaired) electrons. The normalized spacial score (nSPS) is 14.4. The Hall–Kier alpha value is -0.980. The minimum absolute atomic E-state index is 0.0125. The van der Waals surface area contributed by atoms with Gasteiger partial charge < -0.3 is 5.73 Å². The van der Waals surface area contributed by atoms with Gasteiger partial charge in [0, 0.05) is 5.69 Å². The van der Waals surface area contributed by atoms with Crippen molar-refractivity contribution in [3.63, 3.8) is 0 Å². The van der Waals surface area contributed by atoms with Crippen molar-refractivity contribution in [2.24, 2.45) is 0 Å². The van der Waals surface area contributed by atoms with Crippen LogP contribution in [0.15, 0.2) is 24.2 Å². The lowest BCUT2D eigenvalue weighted by Gasteiger charge is -1.90. The van der Waals surface area contributed by atoms with Gasteiger partial charge in [-0.1, -0.05) is 17.6 Å². The molecular formula is C7H9N. The predicted molar refractivity (Wildman–Crippen MR) is 35.6 cm³/mol. The zero-order chi connectivity index (χ0) is 8.59. The van der Waals surface area contributed by atoms with Crippen LogP contribution in [0.4, 0.5) is 5.69 Å². The lowest BCUT2D eigenvalue weighted by molar-refractivity contribution is 1.47. The number of nitrogen functional groups attached to an aromatic ring is 1. The van der Waals surface area contributed by atoms with E-state index in [9.17, 15) is 0 Å². The summed E-state index contributed by atoms with van der Waals surface area (Å²) in [5, 5.41) is 0. The zero-order valence-corrected chi connectivity index (χ0v) is 4.65. The van der Waals surface area contributed by atoms with Gasteiger partial charge in [-0.25, -0.2) is 0 Å². The van der Waals surface area contributed by atoms with E-state index in [1.165, 1.54) is 6.07 Å². The Morgan fingerprint density at radius 3 is 3.00 bits per heavy atom. The van der Waals surface area contributed by atoms with Crippen molar-refractivity contribution < 1.29 is 4.11 Å². The van der Waals surface area contributed by atoms with Gasteiger partial charge in [-0.2, -0.15) is 0 Å². The standard InChI is InChI=1S/C7H9N/c1-6-2-4-7(8)5-3-6/h2-5H,8H2,1H3/i2D,3D,4D. The first-order valence-electron chi connectivity index (χ1n) is 3.87. The van der Waals surface area contributed by atoms with Crippen molar-refractivity contribution in [1.82, 2.24) is 0 Å². The summed E-state index contributed by atoms with van der Waals surface area (Å²) in [6.45, 7) is 1.64. The number of benzene rings is 1. The van der Waals surface area contributed by atoms with Crippen LogP contribution in [0.25, 0.3) is 0 Å². The van der Waals surface area contributed by atoms with E-state index in [2.05, 4.69) is 0 Å². The molecule has 0 aliphatic heterocycles. The lowest BCUT2D eigenvalue weighted by Crippen LogP contribution is -1.81. The maximum absolute atomic E-state index is 7.34. The second kappa shape index (κ2) is 1.86. The van der Waals surface area contributed by atoms with Gasteiger partial charge in [0.15, 0.2) is 0 Å². The minimum Gasteiger partial charge on any atom is -0.399 e. The largest absolute Gasteiger partial charge is 0.399 e. The number of hydrogen-bond acceptors (Lipinski definition) is 1. The van der Waals surface area contributed by atoms with Crippen LogP contribution in [-0.2, 0) is 0 Å². The summed E-state index contributed by atoms with van der Waals surface area (Å²) in [7, 11) is 0. The summed E-state index contributed by atoms with van der Waals surface area (Å²) in [4.78, 5) is 0. The van der Waals surface area contributed by atoms with Gasteiger partial charge in [0.2, 0.25) is 0 Å². The number of anilines is 1. The van der Waals surface area contributed by atoms with Crippen molar-refractivity contribution >= 4 is 5.69 Å². The third-order valence-corrected chi connectivity index (χ3v) is 0.839. The highest BCUT2D eigenvalue weighted by Crippen LogP contribution is 2.02. The highest BCUT2D eigenvalue weighted by molar-refractivity contribution is 5.38. The molecular weight excluding hydrogens is 98.1 g/mol. The molecule has 0 bridgehead atoms. The highest BCUT2D eigenvalue weighted by Gasteiger charge is 1.80. The van der Waals surface area contributed by atoms with Gasteiger partial charge in [0.05, 0.1) is 4.11 Å². The van der Waals surface area contributed by atoms with Crippen LogP contribution >= 0.6 is 0 Å². The number of nitrogens with two attached hydrogens (primary N) is 1. The molecule has 0 saturated heterocycles. The van der Waals surface area contributed by atoms with Crippen LogP contribution in [0, 0.1) is 6.92 Å². The quantitative estimate of drug-likeness (QED) is 0.504. The zero-order valence-electron chi connectivity index (χ0n) is 7.65. The van der Waals surface area contributed by atoms with Crippen LogP contribution in [0.2, 0.25) is 0 Å². The first-order valence-corrected chi connectivity index (χ1v) is 2.37. The molecule has 1 heteroatoms. The Morgan fingerprint density at radius 2 is 2.25 bits per heavy atom. The lowest BCUT2D eigenvalue weighted by atomic mass is 10.2. The Kier molecular flexibility index (Phi) is 0.591. The third-order valence-electron chi connectivity index (χ3n) is 0.839. The van der Waals surface area contributed by atoms with Crippen LogP contribution in [0.3, 0.4) is 0 Å². The van der Waals surface area contributed by atoms with E-state index in [1.54, 1.807) is 6.92 Å². The second-order valence-corrected chi connectivity index (χ2v) is 1.62. The molecule has 0 heterocycles. The summed E-state index contributed by atoms with van der Waals surface area (Å²) < 4.78 is 21.9. The van der Waals surface area contributed by atoms with Gasteiger partial charge >= 0.3 is 0 Å². The number of rotatable bonds is 0. The van der Waals surface area contributed by atoms with Gasteiger partial charge in [-0.3, -0.25) is 0 Å². The second-order valence-electron chi connectivity index (χ2n) is 1.62. The smallest absolute Gasteiger partial charge is 0.0645 e. The molecule has 0 unspecified atom stereocenters. The molecule has 2 N–H and O–H groups in total. The van der Waals surface area contributed by atoms with E-state index < -0.39 is 0 Å². The monoisotopic (exact) mass is 110 g/mol. The molecule has 1 aromatic carbocycles. The van der Waals surface area contributed by atoms with Crippen molar-refractivity contribution in [3.8, 4) is 0 Å². The van der Waals surface area contributed by atoms with Gasteiger partial charge in [-0.05, 0) is 19.0 Å². The summed E-state index contributed by atoms with van der Waals surface area (Å²) >= 11 is 0. The van der Waals surface area contributed by atoms with E-state index in [1.807, 2.05) is 0 Å². The average Bonchev–Trinajstić information content (AvgIpc) is 1.97. The molecule has 0 amide bonds. The van der Waals surface area contributed by atoms with E-state index >= 15 is 0 Å². The molecule has 42 valence electrons. The first kappa shape index (κ1) is 2.53. The maximum atomic E-state index is 7.34. The van der Waals surface area contributed by atoms with Crippen LogP contribution in [-0.4, -0.2) is 0 Å². The molecule has 0 atom stereocenters. The molecule has 1 rings (SSSR count). The van der Waals surface area contributed by atoms with Gasteiger partial charge in [0.25, 0.3) is 0 Å². The number of hydrogen-bond donors (Lipinski definition) is 1. The fourth-order valence-corrected chi connectivity index (χ4v) is 0.424. The van der Waals surface area contributed by atoms with Gasteiger partial charge in [0.1, 0.15) is 0 Å². The Bertz CT molecular complexity index is 270. The third kappa shape index (κ3) is 0.997. The molecule has 0 aromatic heterocycles. The van der Waals surface area contributed by atoms with Crippen LogP contribution < -0.4 is 5.73 Å². The van der Waals surface area contributed by atoms with Crippen molar-refractivity contribution in [1.29, 1.82) is 0 Å². The van der Waals surface area contributed by atoms with Crippen molar-refractivity contribution in [2.75, 3.05) is 5.73 Å². The molecule has 0 aliphatic rings. The van der Waals surface area contributed by atoms with E-state index in [4.69, 9.17) is 9.85 Å². The average molecular weight is 110 g/mol. The summed E-state index contributed by atoms with van der Waals surface area (Å²) in [6, 6.07) is 1.69. The Labute approximate surface area is 53.4 Å². The molecule has 0 spiro atoms. The Balaban J connectivity index is 3.46.